The van der Waals surface area contributed by atoms with Crippen LogP contribution in [0.25, 0.3) is 0 Å². The molecule has 64 valence electrons. The van der Waals surface area contributed by atoms with E-state index in [2.05, 4.69) is 13.8 Å². The van der Waals surface area contributed by atoms with Crippen molar-refractivity contribution in [2.45, 2.75) is 29.9 Å². The second kappa shape index (κ2) is 2.89. The summed E-state index contributed by atoms with van der Waals surface area (Å²) in [6, 6.07) is 2.01. The van der Waals surface area contributed by atoms with E-state index in [4.69, 9.17) is 0 Å². The minimum absolute atomic E-state index is 0.615. The lowest BCUT2D eigenvalue weighted by atomic mass is 10.1. The third kappa shape index (κ3) is 1.12. The second-order valence-electron chi connectivity index (χ2n) is 3.11. The third-order valence-corrected chi connectivity index (χ3v) is 5.05. The van der Waals surface area contributed by atoms with Gasteiger partial charge in [0.1, 0.15) is 0 Å². The van der Waals surface area contributed by atoms with Crippen LogP contribution in [-0.2, 0) is 0 Å². The summed E-state index contributed by atoms with van der Waals surface area (Å²) in [4.78, 5) is 14.1. The highest BCUT2D eigenvalue weighted by atomic mass is 32.2. The van der Waals surface area contributed by atoms with Crippen LogP contribution in [0.2, 0.25) is 0 Å². The fourth-order valence-electron chi connectivity index (χ4n) is 1.39. The first-order valence-corrected chi connectivity index (χ1v) is 5.67. The van der Waals surface area contributed by atoms with Gasteiger partial charge in [0.25, 0.3) is 0 Å². The van der Waals surface area contributed by atoms with E-state index < -0.39 is 0 Å². The molecule has 1 nitrogen and oxygen atoms in total. The molecule has 1 aromatic rings. The molecule has 0 bridgehead atoms. The van der Waals surface area contributed by atoms with E-state index in [1.165, 1.54) is 9.77 Å². The molecule has 0 saturated carbocycles. The molecule has 1 aliphatic rings. The van der Waals surface area contributed by atoms with Crippen LogP contribution in [0, 0.1) is 0 Å². The highest BCUT2D eigenvalue weighted by molar-refractivity contribution is 8.00. The standard InChI is InChI=1S/C9H10OS2/c1-5-6(2)11-8-3-7(4-10)12-9(5)8/h3-6H,1-2H3. The lowest BCUT2D eigenvalue weighted by Crippen LogP contribution is -1.98. The van der Waals surface area contributed by atoms with Gasteiger partial charge in [0.15, 0.2) is 6.29 Å². The van der Waals surface area contributed by atoms with E-state index in [0.717, 1.165) is 11.2 Å². The van der Waals surface area contributed by atoms with Crippen LogP contribution in [0.3, 0.4) is 0 Å². The molecule has 0 aliphatic carbocycles. The van der Waals surface area contributed by atoms with Gasteiger partial charge >= 0.3 is 0 Å². The van der Waals surface area contributed by atoms with Gasteiger partial charge in [-0.3, -0.25) is 4.79 Å². The number of thioether (sulfide) groups is 1. The maximum Gasteiger partial charge on any atom is 0.160 e. The molecule has 0 saturated heterocycles. The smallest absolute Gasteiger partial charge is 0.160 e. The zero-order valence-electron chi connectivity index (χ0n) is 7.03. The lowest BCUT2D eigenvalue weighted by molar-refractivity contribution is 0.112. The van der Waals surface area contributed by atoms with E-state index in [0.29, 0.717) is 11.2 Å². The number of aldehydes is 1. The maximum atomic E-state index is 10.5. The Labute approximate surface area is 80.2 Å². The Morgan fingerprint density at radius 3 is 2.83 bits per heavy atom. The summed E-state index contributed by atoms with van der Waals surface area (Å²) in [6.07, 6.45) is 0.945. The van der Waals surface area contributed by atoms with Crippen LogP contribution in [0.4, 0.5) is 0 Å². The highest BCUT2D eigenvalue weighted by Crippen LogP contribution is 2.48. The molecule has 0 N–H and O–H groups in total. The normalized spacial score (nSPS) is 27.2. The van der Waals surface area contributed by atoms with Crippen molar-refractivity contribution in [1.82, 2.24) is 0 Å². The first-order chi connectivity index (χ1) is 5.72. The molecule has 0 fully saturated rings. The van der Waals surface area contributed by atoms with Gasteiger partial charge in [-0.2, -0.15) is 0 Å². The average Bonchev–Trinajstić information content (AvgIpc) is 2.55. The fourth-order valence-corrected chi connectivity index (χ4v) is 4.09. The minimum atomic E-state index is 0.615. The monoisotopic (exact) mass is 198 g/mol. The number of thiophene rings is 1. The minimum Gasteiger partial charge on any atom is -0.297 e. The van der Waals surface area contributed by atoms with E-state index >= 15 is 0 Å². The zero-order chi connectivity index (χ0) is 8.72. The fraction of sp³-hybridized carbons (Fsp3) is 0.444. The summed E-state index contributed by atoms with van der Waals surface area (Å²) >= 11 is 3.53. The molecule has 0 aromatic carbocycles. The quantitative estimate of drug-likeness (QED) is 0.645. The van der Waals surface area contributed by atoms with Crippen LogP contribution in [-0.4, -0.2) is 11.5 Å². The van der Waals surface area contributed by atoms with E-state index in [-0.39, 0.29) is 0 Å². The third-order valence-electron chi connectivity index (χ3n) is 2.29. The first kappa shape index (κ1) is 8.32. The van der Waals surface area contributed by atoms with Gasteiger partial charge in [-0.15, -0.1) is 23.1 Å². The number of rotatable bonds is 1. The van der Waals surface area contributed by atoms with Crippen molar-refractivity contribution in [1.29, 1.82) is 0 Å². The molecule has 1 aromatic heterocycles. The Hall–Kier alpha value is -0.280. The van der Waals surface area contributed by atoms with E-state index in [1.54, 1.807) is 11.3 Å². The summed E-state index contributed by atoms with van der Waals surface area (Å²) in [5.74, 6) is 0.615. The molecule has 2 atom stereocenters. The summed E-state index contributed by atoms with van der Waals surface area (Å²) in [5, 5.41) is 0.673. The maximum absolute atomic E-state index is 10.5. The Balaban J connectivity index is 2.42. The summed E-state index contributed by atoms with van der Waals surface area (Å²) in [7, 11) is 0. The van der Waals surface area contributed by atoms with Gasteiger partial charge in [-0.25, -0.2) is 0 Å². The molecular weight excluding hydrogens is 188 g/mol. The summed E-state index contributed by atoms with van der Waals surface area (Å²) < 4.78 is 0. The molecule has 3 heteroatoms. The summed E-state index contributed by atoms with van der Waals surface area (Å²) in [5.41, 5.74) is 0. The largest absolute Gasteiger partial charge is 0.297 e. The van der Waals surface area contributed by atoms with Crippen molar-refractivity contribution >= 4 is 29.4 Å². The Morgan fingerprint density at radius 1 is 1.50 bits per heavy atom. The van der Waals surface area contributed by atoms with Crippen LogP contribution >= 0.6 is 23.1 Å². The van der Waals surface area contributed by atoms with Crippen LogP contribution in [0.1, 0.15) is 34.3 Å². The number of carbonyl (C=O) groups is 1. The Kier molecular flexibility index (Phi) is 2.00. The van der Waals surface area contributed by atoms with Crippen LogP contribution in [0.15, 0.2) is 11.0 Å². The Bertz CT molecular complexity index is 316. The highest BCUT2D eigenvalue weighted by Gasteiger charge is 2.28. The predicted octanol–water partition coefficient (Wildman–Crippen LogP) is 3.16. The first-order valence-electron chi connectivity index (χ1n) is 3.98. The molecule has 12 heavy (non-hydrogen) atoms. The van der Waals surface area contributed by atoms with Crippen LogP contribution in [0.5, 0.6) is 0 Å². The van der Waals surface area contributed by atoms with Gasteiger partial charge in [-0.05, 0) is 6.07 Å². The number of hydrogen-bond donors (Lipinski definition) is 0. The molecule has 2 heterocycles. The van der Waals surface area contributed by atoms with Gasteiger partial charge < -0.3 is 0 Å². The van der Waals surface area contributed by atoms with Crippen molar-refractivity contribution in [3.63, 3.8) is 0 Å². The van der Waals surface area contributed by atoms with E-state index in [9.17, 15) is 4.79 Å². The van der Waals surface area contributed by atoms with Crippen molar-refractivity contribution in [3.8, 4) is 0 Å². The average molecular weight is 198 g/mol. The number of hydrogen-bond acceptors (Lipinski definition) is 3. The molecule has 1 aliphatic heterocycles. The SMILES string of the molecule is CC1Sc2cc(C=O)sc2C1C. The zero-order valence-corrected chi connectivity index (χ0v) is 8.67. The van der Waals surface area contributed by atoms with Gasteiger partial charge in [0, 0.05) is 20.9 Å². The molecule has 2 rings (SSSR count). The van der Waals surface area contributed by atoms with Gasteiger partial charge in [0.05, 0.1) is 4.88 Å². The molecule has 2 unspecified atom stereocenters. The van der Waals surface area contributed by atoms with Crippen molar-refractivity contribution in [2.75, 3.05) is 0 Å². The summed E-state index contributed by atoms with van der Waals surface area (Å²) in [6.45, 7) is 4.47. The van der Waals surface area contributed by atoms with Gasteiger partial charge in [-0.1, -0.05) is 13.8 Å². The number of carbonyl (C=O) groups excluding carboxylic acids is 1. The molecule has 0 radical (unpaired) electrons. The lowest BCUT2D eigenvalue weighted by Gasteiger charge is -2.06. The van der Waals surface area contributed by atoms with Crippen molar-refractivity contribution in [3.05, 3.63) is 15.8 Å². The molecule has 0 spiro atoms. The molecule has 0 amide bonds. The van der Waals surface area contributed by atoms with E-state index in [1.807, 2.05) is 17.8 Å². The molecular formula is C9H10OS2. The van der Waals surface area contributed by atoms with Gasteiger partial charge in [0.2, 0.25) is 0 Å². The van der Waals surface area contributed by atoms with Crippen molar-refractivity contribution in [2.24, 2.45) is 0 Å². The predicted molar refractivity (Wildman–Crippen MR) is 53.4 cm³/mol. The number of fused-ring (bicyclic) bond motifs is 1. The topological polar surface area (TPSA) is 17.1 Å². The van der Waals surface area contributed by atoms with Crippen LogP contribution < -0.4 is 0 Å². The van der Waals surface area contributed by atoms with Crippen molar-refractivity contribution < 1.29 is 4.79 Å². The second-order valence-corrected chi connectivity index (χ2v) is 5.64. The Morgan fingerprint density at radius 2 is 2.25 bits per heavy atom.